The Morgan fingerprint density at radius 1 is 1.00 bits per heavy atom. The third-order valence-electron chi connectivity index (χ3n) is 5.76. The smallest absolute Gasteiger partial charge is 0.305 e. The minimum Gasteiger partial charge on any atom is -0.481 e. The van der Waals surface area contributed by atoms with Gasteiger partial charge in [-0.2, -0.15) is 0 Å². The summed E-state index contributed by atoms with van der Waals surface area (Å²) in [6, 6.07) is 23.5. The Morgan fingerprint density at radius 2 is 1.74 bits per heavy atom. The van der Waals surface area contributed by atoms with Crippen LogP contribution in [0.4, 0.5) is 5.69 Å². The molecule has 180 valence electrons. The molecule has 3 N–H and O–H groups in total. The number of hydrogen-bond acceptors (Lipinski definition) is 5. The highest BCUT2D eigenvalue weighted by Gasteiger charge is 2.12. The van der Waals surface area contributed by atoms with Gasteiger partial charge in [0.1, 0.15) is 5.52 Å². The zero-order valence-corrected chi connectivity index (χ0v) is 19.7. The fraction of sp³-hybridized carbons (Fsp3) is 0.250. The van der Waals surface area contributed by atoms with Crippen molar-refractivity contribution in [3.63, 3.8) is 0 Å². The van der Waals surface area contributed by atoms with Crippen LogP contribution in [0, 0.1) is 0 Å². The zero-order chi connectivity index (χ0) is 24.6. The highest BCUT2D eigenvalue weighted by Crippen LogP contribution is 2.25. The number of benzene rings is 3. The van der Waals surface area contributed by atoms with Crippen LogP contribution < -0.4 is 10.6 Å². The number of carbonyl (C=O) groups is 2. The maximum Gasteiger partial charge on any atom is 0.305 e. The molecule has 0 unspecified atom stereocenters. The average molecular weight is 472 g/mol. The number of anilines is 1. The summed E-state index contributed by atoms with van der Waals surface area (Å²) >= 11 is 0. The van der Waals surface area contributed by atoms with E-state index < -0.39 is 5.97 Å². The number of nitrogens with zero attached hydrogens (tertiary/aromatic N) is 1. The van der Waals surface area contributed by atoms with Crippen molar-refractivity contribution in [1.29, 1.82) is 0 Å². The second-order valence-corrected chi connectivity index (χ2v) is 8.49. The van der Waals surface area contributed by atoms with E-state index in [1.54, 1.807) is 12.1 Å². The maximum absolute atomic E-state index is 12.1. The fourth-order valence-corrected chi connectivity index (χ4v) is 3.98. The topological polar surface area (TPSA) is 104 Å². The molecule has 1 aromatic heterocycles. The van der Waals surface area contributed by atoms with E-state index in [2.05, 4.69) is 34.7 Å². The number of nitrogens with one attached hydrogen (secondary N) is 2. The van der Waals surface area contributed by atoms with Crippen LogP contribution in [-0.2, 0) is 11.2 Å². The predicted octanol–water partition coefficient (Wildman–Crippen LogP) is 5.52. The number of rotatable bonds is 11. The summed E-state index contributed by atoms with van der Waals surface area (Å²) < 4.78 is 5.87. The van der Waals surface area contributed by atoms with Gasteiger partial charge < -0.3 is 20.2 Å². The molecule has 0 aliphatic carbocycles. The van der Waals surface area contributed by atoms with Gasteiger partial charge in [0.2, 0.25) is 5.89 Å². The minimum atomic E-state index is -0.937. The van der Waals surface area contributed by atoms with Gasteiger partial charge in [0.25, 0.3) is 5.91 Å². The number of aromatic nitrogens is 1. The summed E-state index contributed by atoms with van der Waals surface area (Å²) in [7, 11) is 0. The van der Waals surface area contributed by atoms with Crippen LogP contribution in [0.25, 0.3) is 22.6 Å². The van der Waals surface area contributed by atoms with E-state index in [0.29, 0.717) is 11.5 Å². The molecular weight excluding hydrogens is 442 g/mol. The number of fused-ring (bicyclic) bond motifs is 1. The molecule has 0 aliphatic rings. The molecular formula is C28H29N3O4. The van der Waals surface area contributed by atoms with Gasteiger partial charge in [-0.15, -0.1) is 0 Å². The quantitative estimate of drug-likeness (QED) is 0.266. The van der Waals surface area contributed by atoms with E-state index in [1.165, 1.54) is 5.56 Å². The summed E-state index contributed by atoms with van der Waals surface area (Å²) in [6.07, 6.45) is 2.81. The molecule has 1 atom stereocenters. The van der Waals surface area contributed by atoms with Crippen molar-refractivity contribution in [1.82, 2.24) is 10.3 Å². The van der Waals surface area contributed by atoms with Crippen LogP contribution >= 0.6 is 0 Å². The molecule has 0 saturated heterocycles. The Labute approximate surface area is 204 Å². The van der Waals surface area contributed by atoms with Crippen molar-refractivity contribution in [2.24, 2.45) is 0 Å². The maximum atomic E-state index is 12.1. The number of hydrogen-bond donors (Lipinski definition) is 3. The third kappa shape index (κ3) is 6.47. The molecule has 1 amide bonds. The normalized spacial score (nSPS) is 11.8. The Balaban J connectivity index is 1.37. The van der Waals surface area contributed by atoms with Gasteiger partial charge in [-0.05, 0) is 66.9 Å². The summed E-state index contributed by atoms with van der Waals surface area (Å²) in [4.78, 5) is 27.3. The Kier molecular flexibility index (Phi) is 7.77. The molecule has 3 aromatic carbocycles. The van der Waals surface area contributed by atoms with Crippen LogP contribution in [0.1, 0.15) is 42.1 Å². The first-order chi connectivity index (χ1) is 17.0. The van der Waals surface area contributed by atoms with Crippen LogP contribution in [-0.4, -0.2) is 34.6 Å². The van der Waals surface area contributed by atoms with Gasteiger partial charge in [0.15, 0.2) is 5.58 Å². The lowest BCUT2D eigenvalue weighted by Crippen LogP contribution is -2.26. The zero-order valence-electron chi connectivity index (χ0n) is 19.7. The summed E-state index contributed by atoms with van der Waals surface area (Å²) in [6.45, 7) is 2.27. The summed E-state index contributed by atoms with van der Waals surface area (Å²) in [5.41, 5.74) is 5.23. The number of carbonyl (C=O) groups excluding carboxylic acids is 1. The number of aliphatic carboxylic acids is 1. The molecule has 0 saturated carbocycles. The van der Waals surface area contributed by atoms with Crippen LogP contribution in [0.2, 0.25) is 0 Å². The van der Waals surface area contributed by atoms with Gasteiger partial charge >= 0.3 is 5.97 Å². The average Bonchev–Trinajstić information content (AvgIpc) is 3.29. The second kappa shape index (κ2) is 11.3. The van der Waals surface area contributed by atoms with Crippen molar-refractivity contribution >= 4 is 28.7 Å². The third-order valence-corrected chi connectivity index (χ3v) is 5.76. The number of para-hydroxylation sites is 2. The predicted molar refractivity (Wildman–Crippen MR) is 136 cm³/mol. The van der Waals surface area contributed by atoms with E-state index >= 15 is 0 Å². The lowest BCUT2D eigenvalue weighted by atomic mass is 10.0. The van der Waals surface area contributed by atoms with Crippen molar-refractivity contribution in [2.75, 3.05) is 11.9 Å². The lowest BCUT2D eigenvalue weighted by molar-refractivity contribution is -0.136. The standard InChI is InChI=1S/C28H29N3O4/c1-2-5-23(30-22-14-12-20(13-15-22)27(34)29-17-16-26(32)33)18-19-8-10-21(11-9-19)28-31-24-6-3-4-7-25(24)35-28/h3-4,6-15,23,30H,2,5,16-18H2,1H3,(H,29,34)(H,32,33)/t23-/m0/s1. The van der Waals surface area contributed by atoms with E-state index in [1.807, 2.05) is 48.5 Å². The Morgan fingerprint density at radius 3 is 2.43 bits per heavy atom. The van der Waals surface area contributed by atoms with Crippen molar-refractivity contribution in [2.45, 2.75) is 38.6 Å². The monoisotopic (exact) mass is 471 g/mol. The highest BCUT2D eigenvalue weighted by molar-refractivity contribution is 5.94. The SMILES string of the molecule is CCC[C@@H](Cc1ccc(-c2nc3ccccc3o2)cc1)Nc1ccc(C(=O)NCCC(=O)O)cc1. The molecule has 0 spiro atoms. The second-order valence-electron chi connectivity index (χ2n) is 8.49. The van der Waals surface area contributed by atoms with Gasteiger partial charge in [-0.3, -0.25) is 9.59 Å². The molecule has 0 aliphatic heterocycles. The van der Waals surface area contributed by atoms with Crippen molar-refractivity contribution in [3.05, 3.63) is 83.9 Å². The fourth-order valence-electron chi connectivity index (χ4n) is 3.98. The minimum absolute atomic E-state index is 0.0974. The first-order valence-electron chi connectivity index (χ1n) is 11.8. The van der Waals surface area contributed by atoms with Gasteiger partial charge in [-0.25, -0.2) is 4.98 Å². The van der Waals surface area contributed by atoms with Crippen molar-refractivity contribution in [3.8, 4) is 11.5 Å². The first-order valence-corrected chi connectivity index (χ1v) is 11.8. The number of oxazole rings is 1. The first kappa shape index (κ1) is 24.0. The molecule has 7 heteroatoms. The number of carboxylic acids is 1. The van der Waals surface area contributed by atoms with Gasteiger partial charge in [-0.1, -0.05) is 37.6 Å². The van der Waals surface area contributed by atoms with E-state index in [4.69, 9.17) is 9.52 Å². The molecule has 7 nitrogen and oxygen atoms in total. The highest BCUT2D eigenvalue weighted by atomic mass is 16.4. The van der Waals surface area contributed by atoms with E-state index in [0.717, 1.165) is 41.6 Å². The van der Waals surface area contributed by atoms with Gasteiger partial charge in [0, 0.05) is 29.4 Å². The van der Waals surface area contributed by atoms with Crippen LogP contribution in [0.5, 0.6) is 0 Å². The molecule has 0 radical (unpaired) electrons. The molecule has 0 fully saturated rings. The van der Waals surface area contributed by atoms with Gasteiger partial charge in [0.05, 0.1) is 6.42 Å². The largest absolute Gasteiger partial charge is 0.481 e. The summed E-state index contributed by atoms with van der Waals surface area (Å²) in [5, 5.41) is 14.9. The van der Waals surface area contributed by atoms with E-state index in [-0.39, 0.29) is 24.9 Å². The Hall–Kier alpha value is -4.13. The van der Waals surface area contributed by atoms with Crippen LogP contribution in [0.15, 0.2) is 77.2 Å². The molecule has 1 heterocycles. The van der Waals surface area contributed by atoms with Crippen molar-refractivity contribution < 1.29 is 19.1 Å². The van der Waals surface area contributed by atoms with Crippen LogP contribution in [0.3, 0.4) is 0 Å². The molecule has 35 heavy (non-hydrogen) atoms. The molecule has 4 rings (SSSR count). The molecule has 0 bridgehead atoms. The number of carboxylic acid groups (broad SMARTS) is 1. The lowest BCUT2D eigenvalue weighted by Gasteiger charge is -2.20. The summed E-state index contributed by atoms with van der Waals surface area (Å²) in [5.74, 6) is -0.595. The Bertz CT molecular complexity index is 1250. The number of amides is 1. The molecule has 4 aromatic rings. The van der Waals surface area contributed by atoms with E-state index in [9.17, 15) is 9.59 Å².